The van der Waals surface area contributed by atoms with Gasteiger partial charge in [0.15, 0.2) is 11.6 Å². The number of amides is 1. The van der Waals surface area contributed by atoms with Crippen molar-refractivity contribution < 1.29 is 27.1 Å². The van der Waals surface area contributed by atoms with Crippen LogP contribution in [0.3, 0.4) is 0 Å². The quantitative estimate of drug-likeness (QED) is 0.724. The molecule has 2 aromatic carbocycles. The van der Waals surface area contributed by atoms with Crippen LogP contribution in [-0.4, -0.2) is 24.5 Å². The first kappa shape index (κ1) is 18.8. The van der Waals surface area contributed by atoms with Gasteiger partial charge in [0.2, 0.25) is 5.91 Å². The van der Waals surface area contributed by atoms with Crippen LogP contribution in [0.1, 0.15) is 17.5 Å². The van der Waals surface area contributed by atoms with Gasteiger partial charge < -0.3 is 9.64 Å². The van der Waals surface area contributed by atoms with E-state index in [1.54, 1.807) is 6.07 Å². The molecule has 0 saturated carbocycles. The summed E-state index contributed by atoms with van der Waals surface area (Å²) in [5.74, 6) is -0.906. The van der Waals surface area contributed by atoms with E-state index < -0.39 is 23.5 Å². The Bertz CT molecular complexity index is 731. The summed E-state index contributed by atoms with van der Waals surface area (Å²) in [4.78, 5) is 13.2. The molecule has 2 rings (SSSR count). The Morgan fingerprint density at radius 2 is 1.72 bits per heavy atom. The van der Waals surface area contributed by atoms with Crippen LogP contribution < -0.4 is 4.74 Å². The lowest BCUT2D eigenvalue weighted by Crippen LogP contribution is -2.28. The zero-order valence-corrected chi connectivity index (χ0v) is 13.5. The Morgan fingerprint density at radius 1 is 1.08 bits per heavy atom. The van der Waals surface area contributed by atoms with Crippen LogP contribution in [-0.2, 0) is 17.5 Å². The fourth-order valence-electron chi connectivity index (χ4n) is 2.28. The lowest BCUT2D eigenvalue weighted by molar-refractivity contribution is -0.139. The minimum Gasteiger partial charge on any atom is -0.490 e. The summed E-state index contributed by atoms with van der Waals surface area (Å²) < 4.78 is 57.5. The van der Waals surface area contributed by atoms with Crippen LogP contribution in [0.15, 0.2) is 48.5 Å². The maximum Gasteiger partial charge on any atom is 0.416 e. The second-order valence-corrected chi connectivity index (χ2v) is 5.43. The largest absolute Gasteiger partial charge is 0.490 e. The molecule has 0 spiro atoms. The lowest BCUT2D eigenvalue weighted by Gasteiger charge is -2.20. The predicted octanol–water partition coefficient (Wildman–Crippen LogP) is 4.27. The third kappa shape index (κ3) is 5.20. The number of halogens is 4. The van der Waals surface area contributed by atoms with Crippen molar-refractivity contribution in [2.45, 2.75) is 19.1 Å². The minimum atomic E-state index is -4.48. The average Bonchev–Trinajstić information content (AvgIpc) is 2.56. The van der Waals surface area contributed by atoms with Gasteiger partial charge in [0.25, 0.3) is 0 Å². The van der Waals surface area contributed by atoms with E-state index in [0.29, 0.717) is 0 Å². The number of carbonyl (C=O) groups is 1. The van der Waals surface area contributed by atoms with Crippen LogP contribution in [0.5, 0.6) is 5.75 Å². The van der Waals surface area contributed by atoms with Gasteiger partial charge in [0.1, 0.15) is 0 Å². The van der Waals surface area contributed by atoms with Crippen LogP contribution in [0.4, 0.5) is 17.6 Å². The molecular formula is C18H17F4NO2. The first-order chi connectivity index (χ1) is 11.8. The fraction of sp³-hybridized carbons (Fsp3) is 0.278. The number of alkyl halides is 3. The summed E-state index contributed by atoms with van der Waals surface area (Å²) in [6.07, 6.45) is -4.55. The van der Waals surface area contributed by atoms with Gasteiger partial charge in [-0.25, -0.2) is 4.39 Å². The average molecular weight is 355 g/mol. The first-order valence-electron chi connectivity index (χ1n) is 7.55. The van der Waals surface area contributed by atoms with Gasteiger partial charge in [-0.2, -0.15) is 13.2 Å². The lowest BCUT2D eigenvalue weighted by atomic mass is 10.1. The molecule has 7 heteroatoms. The molecule has 1 amide bonds. The maximum atomic E-state index is 13.4. The van der Waals surface area contributed by atoms with Crippen molar-refractivity contribution in [2.75, 3.05) is 13.7 Å². The van der Waals surface area contributed by atoms with Crippen LogP contribution in [0, 0.1) is 5.82 Å². The normalized spacial score (nSPS) is 11.2. The zero-order chi connectivity index (χ0) is 18.4. The summed E-state index contributed by atoms with van der Waals surface area (Å²) in [5, 5.41) is 0. The fourth-order valence-corrected chi connectivity index (χ4v) is 2.28. The second kappa shape index (κ2) is 8.00. The van der Waals surface area contributed by atoms with Gasteiger partial charge in [-0.3, -0.25) is 4.79 Å². The van der Waals surface area contributed by atoms with E-state index in [2.05, 4.69) is 0 Å². The topological polar surface area (TPSA) is 29.5 Å². The number of nitrogens with zero attached hydrogens (tertiary/aromatic N) is 1. The zero-order valence-electron chi connectivity index (χ0n) is 13.5. The third-order valence-corrected chi connectivity index (χ3v) is 3.57. The minimum absolute atomic E-state index is 0.0147. The summed E-state index contributed by atoms with van der Waals surface area (Å²) in [6, 6.07) is 10.9. The van der Waals surface area contributed by atoms with Crippen molar-refractivity contribution in [3.8, 4) is 5.75 Å². The van der Waals surface area contributed by atoms with Gasteiger partial charge in [0, 0.05) is 13.6 Å². The number of ether oxygens (including phenoxy) is 1. The molecule has 0 bridgehead atoms. The highest BCUT2D eigenvalue weighted by atomic mass is 19.4. The maximum absolute atomic E-state index is 13.4. The Hall–Kier alpha value is -2.57. The van der Waals surface area contributed by atoms with Gasteiger partial charge in [0.05, 0.1) is 18.6 Å². The van der Waals surface area contributed by atoms with E-state index in [1.807, 2.05) is 0 Å². The molecule has 3 nitrogen and oxygen atoms in total. The van der Waals surface area contributed by atoms with Crippen molar-refractivity contribution in [3.05, 3.63) is 65.5 Å². The number of carbonyl (C=O) groups excluding carboxylic acids is 1. The molecule has 0 N–H and O–H groups in total. The molecule has 0 fully saturated rings. The highest BCUT2D eigenvalue weighted by molar-refractivity contribution is 5.76. The van der Waals surface area contributed by atoms with E-state index in [4.69, 9.17) is 4.74 Å². The smallest absolute Gasteiger partial charge is 0.416 e. The van der Waals surface area contributed by atoms with Crippen LogP contribution >= 0.6 is 0 Å². The van der Waals surface area contributed by atoms with Gasteiger partial charge in [-0.1, -0.05) is 30.3 Å². The molecule has 0 aliphatic rings. The predicted molar refractivity (Wildman–Crippen MR) is 84.4 cm³/mol. The molecule has 2 aromatic rings. The van der Waals surface area contributed by atoms with Gasteiger partial charge >= 0.3 is 6.18 Å². The molecule has 0 heterocycles. The number of para-hydroxylation sites is 1. The molecule has 0 aliphatic heterocycles. The van der Waals surface area contributed by atoms with E-state index in [1.165, 1.54) is 48.3 Å². The van der Waals surface area contributed by atoms with Crippen molar-refractivity contribution in [1.29, 1.82) is 0 Å². The Labute approximate surface area is 142 Å². The Kier molecular flexibility index (Phi) is 6.01. The first-order valence-corrected chi connectivity index (χ1v) is 7.55. The number of hydrogen-bond donors (Lipinski definition) is 0. The summed E-state index contributed by atoms with van der Waals surface area (Å²) in [7, 11) is 1.42. The SMILES string of the molecule is CN(Cc1ccccc1C(F)(F)F)C(=O)CCOc1ccccc1F. The van der Waals surface area contributed by atoms with E-state index in [9.17, 15) is 22.4 Å². The number of benzene rings is 2. The monoisotopic (exact) mass is 355 g/mol. The third-order valence-electron chi connectivity index (χ3n) is 3.57. The molecule has 134 valence electrons. The molecule has 0 radical (unpaired) electrons. The summed E-state index contributed by atoms with van der Waals surface area (Å²) >= 11 is 0. The molecular weight excluding hydrogens is 338 g/mol. The molecule has 0 aromatic heterocycles. The van der Waals surface area contributed by atoms with Gasteiger partial charge in [-0.05, 0) is 23.8 Å². The summed E-state index contributed by atoms with van der Waals surface area (Å²) in [6.45, 7) is -0.237. The van der Waals surface area contributed by atoms with E-state index >= 15 is 0 Å². The number of hydrogen-bond acceptors (Lipinski definition) is 2. The molecule has 0 unspecified atom stereocenters. The van der Waals surface area contributed by atoms with Crippen molar-refractivity contribution in [3.63, 3.8) is 0 Å². The molecule has 0 atom stereocenters. The van der Waals surface area contributed by atoms with Crippen LogP contribution in [0.2, 0.25) is 0 Å². The highest BCUT2D eigenvalue weighted by Crippen LogP contribution is 2.32. The van der Waals surface area contributed by atoms with E-state index in [0.717, 1.165) is 6.07 Å². The Balaban J connectivity index is 1.92. The number of rotatable bonds is 6. The van der Waals surface area contributed by atoms with Crippen molar-refractivity contribution in [2.24, 2.45) is 0 Å². The Morgan fingerprint density at radius 3 is 2.40 bits per heavy atom. The molecule has 0 saturated heterocycles. The molecule has 25 heavy (non-hydrogen) atoms. The van der Waals surface area contributed by atoms with Gasteiger partial charge in [-0.15, -0.1) is 0 Å². The van der Waals surface area contributed by atoms with E-state index in [-0.39, 0.29) is 30.9 Å². The summed E-state index contributed by atoms with van der Waals surface area (Å²) in [5.41, 5.74) is -0.752. The van der Waals surface area contributed by atoms with Crippen molar-refractivity contribution >= 4 is 5.91 Å². The van der Waals surface area contributed by atoms with Crippen molar-refractivity contribution in [1.82, 2.24) is 4.90 Å². The van der Waals surface area contributed by atoms with Crippen LogP contribution in [0.25, 0.3) is 0 Å². The second-order valence-electron chi connectivity index (χ2n) is 5.43. The standard InChI is InChI=1S/C18H17F4NO2/c1-23(12-13-6-2-3-7-14(13)18(20,21)22)17(24)10-11-25-16-9-5-4-8-15(16)19/h2-9H,10-12H2,1H3. The molecule has 0 aliphatic carbocycles. The highest BCUT2D eigenvalue weighted by Gasteiger charge is 2.33.